The summed E-state index contributed by atoms with van der Waals surface area (Å²) in [5, 5.41) is 14.4. The van der Waals surface area contributed by atoms with Crippen molar-refractivity contribution in [2.24, 2.45) is 11.8 Å². The van der Waals surface area contributed by atoms with Crippen LogP contribution in [-0.4, -0.2) is 23.3 Å². The molecule has 1 aliphatic carbocycles. The van der Waals surface area contributed by atoms with Gasteiger partial charge in [0.1, 0.15) is 0 Å². The third-order valence-electron chi connectivity index (χ3n) is 3.11. The summed E-state index contributed by atoms with van der Waals surface area (Å²) in [5.41, 5.74) is 0. The first kappa shape index (κ1) is 11.4. The quantitative estimate of drug-likeness (QED) is 0.771. The Morgan fingerprint density at radius 3 is 2.88 bits per heavy atom. The van der Waals surface area contributed by atoms with E-state index in [4.69, 9.17) is 4.42 Å². The molecule has 5 nitrogen and oxygen atoms in total. The predicted molar refractivity (Wildman–Crippen MR) is 62.2 cm³/mol. The van der Waals surface area contributed by atoms with Gasteiger partial charge in [0, 0.05) is 6.54 Å². The topological polar surface area (TPSA) is 63.0 Å². The highest BCUT2D eigenvalue weighted by molar-refractivity contribution is 5.18. The number of nitrogens with zero attached hydrogens (tertiary/aromatic N) is 2. The molecule has 0 aliphatic heterocycles. The van der Waals surface area contributed by atoms with Gasteiger partial charge in [-0.05, 0) is 31.7 Å². The van der Waals surface area contributed by atoms with Crippen molar-refractivity contribution in [1.82, 2.24) is 15.5 Å². The zero-order valence-corrected chi connectivity index (χ0v) is 10.2. The first-order valence-corrected chi connectivity index (χ1v) is 6.01. The van der Waals surface area contributed by atoms with Crippen LogP contribution in [0.15, 0.2) is 4.42 Å². The Morgan fingerprint density at radius 1 is 1.50 bits per heavy atom. The molecule has 0 aromatic carbocycles. The SMILES string of the molecule is CCNC(C)c1nnc(NCC2CC2C)o1. The van der Waals surface area contributed by atoms with Gasteiger partial charge in [-0.15, -0.1) is 5.10 Å². The third-order valence-corrected chi connectivity index (χ3v) is 3.11. The van der Waals surface area contributed by atoms with Crippen LogP contribution in [0.4, 0.5) is 6.01 Å². The van der Waals surface area contributed by atoms with E-state index in [1.54, 1.807) is 0 Å². The van der Waals surface area contributed by atoms with Crippen molar-refractivity contribution >= 4 is 6.01 Å². The molecule has 1 fully saturated rings. The lowest BCUT2D eigenvalue weighted by atomic mass is 10.3. The van der Waals surface area contributed by atoms with E-state index >= 15 is 0 Å². The molecule has 5 heteroatoms. The molecule has 2 N–H and O–H groups in total. The Kier molecular flexibility index (Phi) is 3.43. The zero-order chi connectivity index (χ0) is 11.5. The average molecular weight is 224 g/mol. The van der Waals surface area contributed by atoms with Gasteiger partial charge in [-0.3, -0.25) is 0 Å². The molecule has 90 valence electrons. The fourth-order valence-electron chi connectivity index (χ4n) is 1.78. The van der Waals surface area contributed by atoms with E-state index in [-0.39, 0.29) is 6.04 Å². The Labute approximate surface area is 96.0 Å². The van der Waals surface area contributed by atoms with Crippen molar-refractivity contribution in [1.29, 1.82) is 0 Å². The van der Waals surface area contributed by atoms with Gasteiger partial charge >= 0.3 is 6.01 Å². The van der Waals surface area contributed by atoms with Gasteiger partial charge in [0.25, 0.3) is 0 Å². The first-order valence-electron chi connectivity index (χ1n) is 6.01. The Morgan fingerprint density at radius 2 is 2.25 bits per heavy atom. The lowest BCUT2D eigenvalue weighted by Crippen LogP contribution is -2.17. The van der Waals surface area contributed by atoms with Crippen molar-refractivity contribution in [3.05, 3.63) is 5.89 Å². The summed E-state index contributed by atoms with van der Waals surface area (Å²) in [7, 11) is 0. The maximum atomic E-state index is 5.52. The lowest BCUT2D eigenvalue weighted by Gasteiger charge is -2.05. The summed E-state index contributed by atoms with van der Waals surface area (Å²) in [6, 6.07) is 0.659. The number of aromatic nitrogens is 2. The Bertz CT molecular complexity index is 338. The number of hydrogen-bond donors (Lipinski definition) is 2. The maximum Gasteiger partial charge on any atom is 0.315 e. The van der Waals surface area contributed by atoms with Crippen molar-refractivity contribution in [3.8, 4) is 0 Å². The standard InChI is InChI=1S/C11H20N4O/c1-4-12-8(3)10-14-15-11(16-10)13-6-9-5-7(9)2/h7-9,12H,4-6H2,1-3H3,(H,13,15). The van der Waals surface area contributed by atoms with Crippen LogP contribution in [-0.2, 0) is 0 Å². The summed E-state index contributed by atoms with van der Waals surface area (Å²) in [4.78, 5) is 0. The van der Waals surface area contributed by atoms with Crippen LogP contribution in [0.5, 0.6) is 0 Å². The van der Waals surface area contributed by atoms with E-state index in [9.17, 15) is 0 Å². The molecule has 0 saturated heterocycles. The molecule has 1 aliphatic rings. The molecule has 0 bridgehead atoms. The zero-order valence-electron chi connectivity index (χ0n) is 10.2. The van der Waals surface area contributed by atoms with Crippen molar-refractivity contribution in [2.75, 3.05) is 18.4 Å². The number of nitrogens with one attached hydrogen (secondary N) is 2. The van der Waals surface area contributed by atoms with Crippen molar-refractivity contribution in [3.63, 3.8) is 0 Å². The first-order chi connectivity index (χ1) is 7.70. The van der Waals surface area contributed by atoms with Crippen LogP contribution in [0.2, 0.25) is 0 Å². The van der Waals surface area contributed by atoms with E-state index < -0.39 is 0 Å². The van der Waals surface area contributed by atoms with E-state index in [0.717, 1.165) is 24.9 Å². The van der Waals surface area contributed by atoms with E-state index in [2.05, 4.69) is 34.7 Å². The van der Waals surface area contributed by atoms with Crippen LogP contribution >= 0.6 is 0 Å². The highest BCUT2D eigenvalue weighted by Gasteiger charge is 2.32. The van der Waals surface area contributed by atoms with Crippen molar-refractivity contribution < 1.29 is 4.42 Å². The second kappa shape index (κ2) is 4.82. The summed E-state index contributed by atoms with van der Waals surface area (Å²) in [6.45, 7) is 8.17. The minimum atomic E-state index is 0.118. The minimum absolute atomic E-state index is 0.118. The van der Waals surface area contributed by atoms with Crippen LogP contribution < -0.4 is 10.6 Å². The van der Waals surface area contributed by atoms with Crippen LogP contribution in [0.25, 0.3) is 0 Å². The number of hydrogen-bond acceptors (Lipinski definition) is 5. The normalized spacial score (nSPS) is 25.4. The molecule has 1 aromatic rings. The van der Waals surface area contributed by atoms with Gasteiger partial charge in [0.2, 0.25) is 5.89 Å². The minimum Gasteiger partial charge on any atom is -0.406 e. The smallest absolute Gasteiger partial charge is 0.315 e. The lowest BCUT2D eigenvalue weighted by molar-refractivity contribution is 0.428. The third kappa shape index (κ3) is 2.72. The summed E-state index contributed by atoms with van der Waals surface area (Å²) in [5.74, 6) is 2.27. The molecule has 0 amide bonds. The van der Waals surface area contributed by atoms with Gasteiger partial charge in [-0.2, -0.15) is 0 Å². The van der Waals surface area contributed by atoms with Gasteiger partial charge < -0.3 is 15.1 Å². The number of rotatable bonds is 6. The molecule has 16 heavy (non-hydrogen) atoms. The highest BCUT2D eigenvalue weighted by Crippen LogP contribution is 2.37. The molecular weight excluding hydrogens is 204 g/mol. The summed E-state index contributed by atoms with van der Waals surface area (Å²) in [6.07, 6.45) is 1.31. The summed E-state index contributed by atoms with van der Waals surface area (Å²) < 4.78 is 5.52. The van der Waals surface area contributed by atoms with Gasteiger partial charge in [-0.1, -0.05) is 18.9 Å². The second-order valence-corrected chi connectivity index (χ2v) is 4.58. The maximum absolute atomic E-state index is 5.52. The number of anilines is 1. The predicted octanol–water partition coefficient (Wildman–Crippen LogP) is 1.81. The highest BCUT2D eigenvalue weighted by atomic mass is 16.4. The van der Waals surface area contributed by atoms with Crippen molar-refractivity contribution in [2.45, 2.75) is 33.2 Å². The molecule has 0 radical (unpaired) electrons. The molecule has 0 spiro atoms. The van der Waals surface area contributed by atoms with Gasteiger partial charge in [0.05, 0.1) is 6.04 Å². The fraction of sp³-hybridized carbons (Fsp3) is 0.818. The molecule has 1 heterocycles. The molecule has 1 saturated carbocycles. The monoisotopic (exact) mass is 224 g/mol. The molecule has 3 unspecified atom stereocenters. The van der Waals surface area contributed by atoms with Gasteiger partial charge in [-0.25, -0.2) is 0 Å². The molecule has 3 atom stereocenters. The average Bonchev–Trinajstić information content (AvgIpc) is 2.80. The van der Waals surface area contributed by atoms with Crippen LogP contribution in [0, 0.1) is 11.8 Å². The van der Waals surface area contributed by atoms with Gasteiger partial charge in [0.15, 0.2) is 0 Å². The Balaban J connectivity index is 1.81. The fourth-order valence-corrected chi connectivity index (χ4v) is 1.78. The van der Waals surface area contributed by atoms with Crippen LogP contribution in [0.1, 0.15) is 39.1 Å². The molecule has 2 rings (SSSR count). The molecular formula is C11H20N4O. The van der Waals surface area contributed by atoms with E-state index in [1.807, 2.05) is 6.92 Å². The molecule has 1 aromatic heterocycles. The van der Waals surface area contributed by atoms with Crippen LogP contribution in [0.3, 0.4) is 0 Å². The Hall–Kier alpha value is -1.10. The van der Waals surface area contributed by atoms with E-state index in [1.165, 1.54) is 6.42 Å². The van der Waals surface area contributed by atoms with E-state index in [0.29, 0.717) is 11.9 Å². The largest absolute Gasteiger partial charge is 0.406 e. The second-order valence-electron chi connectivity index (χ2n) is 4.58. The summed E-state index contributed by atoms with van der Waals surface area (Å²) >= 11 is 0.